The van der Waals surface area contributed by atoms with Gasteiger partial charge in [0.25, 0.3) is 0 Å². The van der Waals surface area contributed by atoms with Crippen molar-refractivity contribution in [3.8, 4) is 0 Å². The molecule has 0 saturated carbocycles. The first-order valence-electron chi connectivity index (χ1n) is 2.49. The zero-order valence-corrected chi connectivity index (χ0v) is 7.39. The highest BCUT2D eigenvalue weighted by molar-refractivity contribution is 8.14. The van der Waals surface area contributed by atoms with Gasteiger partial charge in [0.15, 0.2) is 5.12 Å². The summed E-state index contributed by atoms with van der Waals surface area (Å²) in [6, 6.07) is 0. The fraction of sp³-hybridized carbons (Fsp3) is 0.800. The van der Waals surface area contributed by atoms with E-state index in [1.54, 1.807) is 0 Å². The summed E-state index contributed by atoms with van der Waals surface area (Å²) in [5, 5.41) is 0.145. The Bertz CT molecular complexity index is 93.0. The minimum absolute atomic E-state index is 0.0706. The van der Waals surface area contributed by atoms with E-state index in [-0.39, 0.29) is 10.4 Å². The fourth-order valence-corrected chi connectivity index (χ4v) is 1.64. The molecule has 0 unspecified atom stereocenters. The molecule has 0 aromatic carbocycles. The molecule has 0 bridgehead atoms. The fourth-order valence-electron chi connectivity index (χ4n) is 0.339. The molecule has 0 spiro atoms. The lowest BCUT2D eigenvalue weighted by atomic mass is 10.6. The number of carbonyl (C=O) groups is 1. The van der Waals surface area contributed by atoms with Crippen LogP contribution in [0.2, 0.25) is 0 Å². The van der Waals surface area contributed by atoms with E-state index < -0.39 is 0 Å². The van der Waals surface area contributed by atoms with Crippen LogP contribution in [-0.4, -0.2) is 22.1 Å². The summed E-state index contributed by atoms with van der Waals surface area (Å²) >= 11 is 12.1. The zero-order valence-electron chi connectivity index (χ0n) is 5.06. The highest BCUT2D eigenvalue weighted by atomic mass is 35.5. The number of hydrogen-bond acceptors (Lipinski definition) is 2. The molecule has 0 aliphatic carbocycles. The van der Waals surface area contributed by atoms with Crippen LogP contribution in [-0.2, 0) is 4.79 Å². The standard InChI is InChI=1S/C5H8Cl2OS/c1-4(8)9-5(2-6)3-7/h5H,2-3H2,1H3. The Kier molecular flexibility index (Phi) is 5.75. The molecule has 54 valence electrons. The van der Waals surface area contributed by atoms with Crippen LogP contribution >= 0.6 is 35.0 Å². The van der Waals surface area contributed by atoms with Crippen LogP contribution in [0.5, 0.6) is 0 Å². The lowest BCUT2D eigenvalue weighted by Crippen LogP contribution is -2.08. The molecule has 0 aromatic heterocycles. The third-order valence-electron chi connectivity index (χ3n) is 0.677. The lowest BCUT2D eigenvalue weighted by Gasteiger charge is -2.04. The summed E-state index contributed by atoms with van der Waals surface area (Å²) in [7, 11) is 0. The molecule has 0 amide bonds. The van der Waals surface area contributed by atoms with Crippen LogP contribution in [0, 0.1) is 0 Å². The minimum Gasteiger partial charge on any atom is -0.288 e. The summed E-state index contributed by atoms with van der Waals surface area (Å²) in [6.45, 7) is 1.51. The molecule has 0 aliphatic rings. The first kappa shape index (κ1) is 9.60. The van der Waals surface area contributed by atoms with Crippen molar-refractivity contribution in [2.45, 2.75) is 12.2 Å². The van der Waals surface area contributed by atoms with E-state index in [1.807, 2.05) is 0 Å². The van der Waals surface area contributed by atoms with Crippen molar-refractivity contribution < 1.29 is 4.79 Å². The summed E-state index contributed by atoms with van der Waals surface area (Å²) in [6.07, 6.45) is 0. The van der Waals surface area contributed by atoms with Crippen molar-refractivity contribution in [2.24, 2.45) is 0 Å². The summed E-state index contributed by atoms with van der Waals surface area (Å²) < 4.78 is 0. The predicted octanol–water partition coefficient (Wildman–Crippen LogP) is 2.11. The average Bonchev–Trinajstić information content (AvgIpc) is 1.82. The van der Waals surface area contributed by atoms with Gasteiger partial charge in [-0.25, -0.2) is 0 Å². The Balaban J connectivity index is 3.43. The predicted molar refractivity (Wildman–Crippen MR) is 43.5 cm³/mol. The number of rotatable bonds is 3. The molecule has 0 atom stereocenters. The molecule has 0 fully saturated rings. The molecule has 0 saturated heterocycles. The van der Waals surface area contributed by atoms with E-state index in [1.165, 1.54) is 18.7 Å². The van der Waals surface area contributed by atoms with E-state index in [0.717, 1.165) is 0 Å². The molecule has 0 N–H and O–H groups in total. The maximum atomic E-state index is 10.4. The highest BCUT2D eigenvalue weighted by Crippen LogP contribution is 2.14. The van der Waals surface area contributed by atoms with Crippen LogP contribution in [0.4, 0.5) is 0 Å². The molecule has 4 heteroatoms. The number of thioether (sulfide) groups is 1. The van der Waals surface area contributed by atoms with E-state index in [0.29, 0.717) is 11.8 Å². The molecule has 0 aliphatic heterocycles. The smallest absolute Gasteiger partial charge is 0.186 e. The second-order valence-electron chi connectivity index (χ2n) is 1.54. The molecule has 0 rings (SSSR count). The summed E-state index contributed by atoms with van der Waals surface area (Å²) in [5.74, 6) is 0.876. The lowest BCUT2D eigenvalue weighted by molar-refractivity contribution is -0.109. The van der Waals surface area contributed by atoms with Gasteiger partial charge in [-0.15, -0.1) is 23.2 Å². The average molecular weight is 187 g/mol. The molecule has 0 heterocycles. The van der Waals surface area contributed by atoms with Crippen molar-refractivity contribution in [1.29, 1.82) is 0 Å². The SMILES string of the molecule is CC(=O)SC(CCl)CCl. The van der Waals surface area contributed by atoms with Gasteiger partial charge in [-0.3, -0.25) is 4.79 Å². The number of halogens is 2. The van der Waals surface area contributed by atoms with Crippen LogP contribution in [0.25, 0.3) is 0 Å². The van der Waals surface area contributed by atoms with Gasteiger partial charge in [0.2, 0.25) is 0 Å². The monoisotopic (exact) mass is 186 g/mol. The zero-order chi connectivity index (χ0) is 7.28. The largest absolute Gasteiger partial charge is 0.288 e. The van der Waals surface area contributed by atoms with E-state index in [4.69, 9.17) is 23.2 Å². The second-order valence-corrected chi connectivity index (χ2v) is 3.63. The number of alkyl halides is 2. The van der Waals surface area contributed by atoms with E-state index >= 15 is 0 Å². The van der Waals surface area contributed by atoms with Crippen molar-refractivity contribution in [3.05, 3.63) is 0 Å². The molecule has 0 aromatic rings. The minimum atomic E-state index is 0.0706. The second kappa shape index (κ2) is 5.39. The van der Waals surface area contributed by atoms with Gasteiger partial charge in [0.1, 0.15) is 0 Å². The maximum Gasteiger partial charge on any atom is 0.186 e. The summed E-state index contributed by atoms with van der Waals surface area (Å²) in [5.41, 5.74) is 0. The number of carbonyl (C=O) groups excluding carboxylic acids is 1. The third kappa shape index (κ3) is 5.07. The third-order valence-corrected chi connectivity index (χ3v) is 2.79. The molecular weight excluding hydrogens is 179 g/mol. The Morgan fingerprint density at radius 3 is 2.11 bits per heavy atom. The summed E-state index contributed by atoms with van der Waals surface area (Å²) in [4.78, 5) is 10.4. The quantitative estimate of drug-likeness (QED) is 0.629. The maximum absolute atomic E-state index is 10.4. The first-order chi connectivity index (χ1) is 4.20. The van der Waals surface area contributed by atoms with Gasteiger partial charge in [-0.1, -0.05) is 11.8 Å². The highest BCUT2D eigenvalue weighted by Gasteiger charge is 2.07. The Morgan fingerprint density at radius 2 is 2.00 bits per heavy atom. The Labute approximate surface area is 69.1 Å². The van der Waals surface area contributed by atoms with Crippen molar-refractivity contribution in [2.75, 3.05) is 11.8 Å². The van der Waals surface area contributed by atoms with Gasteiger partial charge < -0.3 is 0 Å². The first-order valence-corrected chi connectivity index (χ1v) is 4.44. The van der Waals surface area contributed by atoms with Gasteiger partial charge in [0, 0.05) is 23.9 Å². The van der Waals surface area contributed by atoms with Gasteiger partial charge in [-0.2, -0.15) is 0 Å². The normalized spacial score (nSPS) is 10.2. The van der Waals surface area contributed by atoms with Crippen molar-refractivity contribution in [3.63, 3.8) is 0 Å². The van der Waals surface area contributed by atoms with Crippen LogP contribution < -0.4 is 0 Å². The van der Waals surface area contributed by atoms with Gasteiger partial charge in [0.05, 0.1) is 0 Å². The number of hydrogen-bond donors (Lipinski definition) is 0. The van der Waals surface area contributed by atoms with Crippen molar-refractivity contribution >= 4 is 40.1 Å². The van der Waals surface area contributed by atoms with E-state index in [2.05, 4.69) is 0 Å². The molecule has 0 radical (unpaired) electrons. The Morgan fingerprint density at radius 1 is 1.56 bits per heavy atom. The van der Waals surface area contributed by atoms with Crippen LogP contribution in [0.1, 0.15) is 6.92 Å². The van der Waals surface area contributed by atoms with Gasteiger partial charge in [-0.05, 0) is 0 Å². The van der Waals surface area contributed by atoms with E-state index in [9.17, 15) is 4.79 Å². The van der Waals surface area contributed by atoms with Crippen molar-refractivity contribution in [1.82, 2.24) is 0 Å². The van der Waals surface area contributed by atoms with Crippen LogP contribution in [0.3, 0.4) is 0 Å². The topological polar surface area (TPSA) is 17.1 Å². The Hall–Kier alpha value is 0.600. The molecular formula is C5H8Cl2OS. The van der Waals surface area contributed by atoms with Gasteiger partial charge >= 0.3 is 0 Å². The van der Waals surface area contributed by atoms with Crippen LogP contribution in [0.15, 0.2) is 0 Å². The molecule has 9 heavy (non-hydrogen) atoms. The molecule has 1 nitrogen and oxygen atoms in total.